The Morgan fingerprint density at radius 3 is 2.96 bits per heavy atom. The highest BCUT2D eigenvalue weighted by atomic mass is 19.4. The van der Waals surface area contributed by atoms with Gasteiger partial charge in [0.25, 0.3) is 5.82 Å². The lowest BCUT2D eigenvalue weighted by Crippen LogP contribution is -2.38. The highest BCUT2D eigenvalue weighted by Gasteiger charge is 2.37. The van der Waals surface area contributed by atoms with Crippen molar-refractivity contribution in [3.63, 3.8) is 0 Å². The molecule has 0 radical (unpaired) electrons. The van der Waals surface area contributed by atoms with E-state index in [0.29, 0.717) is 13.1 Å². The van der Waals surface area contributed by atoms with Crippen LogP contribution in [0.1, 0.15) is 29.6 Å². The van der Waals surface area contributed by atoms with Crippen LogP contribution in [-0.2, 0) is 12.7 Å². The molecule has 1 aliphatic heterocycles. The second kappa shape index (κ2) is 6.46. The molecular weight excluding hydrogens is 327 g/mol. The van der Waals surface area contributed by atoms with Gasteiger partial charge in [-0.25, -0.2) is 4.79 Å². The zero-order valence-electron chi connectivity index (χ0n) is 12.5. The lowest BCUT2D eigenvalue weighted by molar-refractivity contribution is -0.146. The summed E-state index contributed by atoms with van der Waals surface area (Å²) < 4.78 is 41.6. The van der Waals surface area contributed by atoms with E-state index >= 15 is 0 Å². The first kappa shape index (κ1) is 16.2. The molecule has 1 unspecified atom stereocenters. The maximum atomic E-state index is 12.4. The van der Waals surface area contributed by atoms with Crippen LogP contribution in [0, 0.1) is 0 Å². The Balaban J connectivity index is 1.52. The van der Waals surface area contributed by atoms with Crippen molar-refractivity contribution < 1.29 is 22.5 Å². The first-order valence-electron chi connectivity index (χ1n) is 7.26. The Morgan fingerprint density at radius 1 is 1.46 bits per heavy atom. The molecule has 3 heterocycles. The van der Waals surface area contributed by atoms with Gasteiger partial charge in [0.1, 0.15) is 0 Å². The summed E-state index contributed by atoms with van der Waals surface area (Å²) in [5.41, 5.74) is 1.06. The van der Waals surface area contributed by atoms with E-state index in [-0.39, 0.29) is 24.4 Å². The maximum Gasteiger partial charge on any atom is 0.455 e. The van der Waals surface area contributed by atoms with Gasteiger partial charge < -0.3 is 14.7 Å². The fraction of sp³-hybridized carbons (Fsp3) is 0.429. The molecule has 0 spiro atoms. The summed E-state index contributed by atoms with van der Waals surface area (Å²) in [5, 5.41) is 5.32. The molecule has 7 nitrogen and oxygen atoms in total. The topological polar surface area (TPSA) is 84.2 Å². The maximum absolute atomic E-state index is 12.4. The van der Waals surface area contributed by atoms with Gasteiger partial charge in [0.05, 0.1) is 6.54 Å². The largest absolute Gasteiger partial charge is 0.455 e. The van der Waals surface area contributed by atoms with Crippen molar-refractivity contribution in [1.29, 1.82) is 0 Å². The second-order valence-electron chi connectivity index (χ2n) is 5.39. The summed E-state index contributed by atoms with van der Waals surface area (Å²) in [5.74, 6) is -1.45. The number of carbonyl (C=O) groups excluding carboxylic acids is 1. The molecule has 1 saturated heterocycles. The average molecular weight is 341 g/mol. The Bertz CT molecular complexity index is 704. The Hall–Kier alpha value is -2.65. The van der Waals surface area contributed by atoms with E-state index in [1.165, 1.54) is 0 Å². The normalized spacial score (nSPS) is 18.0. The van der Waals surface area contributed by atoms with Crippen LogP contribution in [0.2, 0.25) is 0 Å². The van der Waals surface area contributed by atoms with Crippen LogP contribution >= 0.6 is 0 Å². The molecule has 128 valence electrons. The van der Waals surface area contributed by atoms with Gasteiger partial charge in [-0.1, -0.05) is 11.2 Å². The number of nitrogens with one attached hydrogen (secondary N) is 1. The molecule has 0 aromatic carbocycles. The Labute approximate surface area is 134 Å². The number of carbonyl (C=O) groups is 1. The van der Waals surface area contributed by atoms with Gasteiger partial charge in [0.15, 0.2) is 0 Å². The monoisotopic (exact) mass is 341 g/mol. The minimum atomic E-state index is -4.67. The van der Waals surface area contributed by atoms with Crippen molar-refractivity contribution >= 4 is 6.03 Å². The minimum absolute atomic E-state index is 0.199. The molecule has 10 heteroatoms. The van der Waals surface area contributed by atoms with Crippen molar-refractivity contribution in [2.45, 2.75) is 25.1 Å². The van der Waals surface area contributed by atoms with Gasteiger partial charge in [-0.15, -0.1) is 0 Å². The van der Waals surface area contributed by atoms with Crippen LogP contribution in [0.4, 0.5) is 18.0 Å². The van der Waals surface area contributed by atoms with Crippen LogP contribution in [0.15, 0.2) is 29.0 Å². The van der Waals surface area contributed by atoms with E-state index < -0.39 is 12.0 Å². The average Bonchev–Trinajstić information content (AvgIpc) is 3.22. The number of likely N-dealkylation sites (tertiary alicyclic amines) is 1. The van der Waals surface area contributed by atoms with Crippen LogP contribution in [0.3, 0.4) is 0 Å². The van der Waals surface area contributed by atoms with Gasteiger partial charge in [-0.05, 0) is 18.1 Å². The SMILES string of the molecule is O=C(NCc1nc(C(F)(F)F)no1)N1CCC(c2cccnc2)C1. The number of pyridine rings is 1. The van der Waals surface area contributed by atoms with E-state index in [0.717, 1.165) is 12.0 Å². The lowest BCUT2D eigenvalue weighted by atomic mass is 10.0. The zero-order chi connectivity index (χ0) is 17.2. The molecule has 1 fully saturated rings. The van der Waals surface area contributed by atoms with Crippen molar-refractivity contribution in [2.24, 2.45) is 0 Å². The number of alkyl halides is 3. The number of halogens is 3. The highest BCUT2D eigenvalue weighted by Crippen LogP contribution is 2.27. The molecule has 1 N–H and O–H groups in total. The van der Waals surface area contributed by atoms with Gasteiger partial charge in [0, 0.05) is 31.4 Å². The van der Waals surface area contributed by atoms with Crippen LogP contribution in [0.5, 0.6) is 0 Å². The number of urea groups is 1. The third-order valence-electron chi connectivity index (χ3n) is 3.74. The van der Waals surface area contributed by atoms with Crippen molar-refractivity contribution in [1.82, 2.24) is 25.3 Å². The van der Waals surface area contributed by atoms with E-state index in [9.17, 15) is 18.0 Å². The van der Waals surface area contributed by atoms with Crippen molar-refractivity contribution in [3.8, 4) is 0 Å². The zero-order valence-corrected chi connectivity index (χ0v) is 12.5. The third-order valence-corrected chi connectivity index (χ3v) is 3.74. The molecule has 24 heavy (non-hydrogen) atoms. The smallest absolute Gasteiger partial charge is 0.337 e. The first-order chi connectivity index (χ1) is 11.4. The molecule has 0 aliphatic carbocycles. The van der Waals surface area contributed by atoms with Gasteiger partial charge in [0.2, 0.25) is 5.89 Å². The fourth-order valence-corrected chi connectivity index (χ4v) is 2.54. The first-order valence-corrected chi connectivity index (χ1v) is 7.26. The molecule has 0 bridgehead atoms. The van der Waals surface area contributed by atoms with E-state index in [1.54, 1.807) is 17.3 Å². The second-order valence-corrected chi connectivity index (χ2v) is 5.39. The van der Waals surface area contributed by atoms with E-state index in [1.807, 2.05) is 12.1 Å². The predicted molar refractivity (Wildman–Crippen MR) is 74.7 cm³/mol. The van der Waals surface area contributed by atoms with Crippen LogP contribution in [0.25, 0.3) is 0 Å². The minimum Gasteiger partial charge on any atom is -0.337 e. The standard InChI is InChI=1S/C14H14F3N5O2/c15-14(16,17)12-20-11(24-21-12)7-19-13(23)22-5-3-10(8-22)9-2-1-4-18-6-9/h1-2,4,6,10H,3,5,7-8H2,(H,19,23). The van der Waals surface area contributed by atoms with Gasteiger partial charge in [-0.3, -0.25) is 4.98 Å². The third kappa shape index (κ3) is 3.63. The number of nitrogens with zero attached hydrogens (tertiary/aromatic N) is 4. The molecule has 3 rings (SSSR count). The van der Waals surface area contributed by atoms with Crippen molar-refractivity contribution in [2.75, 3.05) is 13.1 Å². The molecule has 2 aromatic heterocycles. The Morgan fingerprint density at radius 2 is 2.29 bits per heavy atom. The summed E-state index contributed by atoms with van der Waals surface area (Å²) in [6.07, 6.45) is -0.415. The lowest BCUT2D eigenvalue weighted by Gasteiger charge is -2.16. The number of aromatic nitrogens is 3. The summed E-state index contributed by atoms with van der Waals surface area (Å²) >= 11 is 0. The molecule has 1 atom stereocenters. The van der Waals surface area contributed by atoms with E-state index in [2.05, 4.69) is 25.0 Å². The summed E-state index contributed by atoms with van der Waals surface area (Å²) in [7, 11) is 0. The molecular formula is C14H14F3N5O2. The molecule has 2 amide bonds. The number of amides is 2. The summed E-state index contributed by atoms with van der Waals surface area (Å²) in [6.45, 7) is 0.828. The fourth-order valence-electron chi connectivity index (χ4n) is 2.54. The Kier molecular flexibility index (Phi) is 4.36. The summed E-state index contributed by atoms with van der Waals surface area (Å²) in [4.78, 5) is 20.9. The van der Waals surface area contributed by atoms with Crippen LogP contribution in [-0.4, -0.2) is 39.1 Å². The molecule has 2 aromatic rings. The highest BCUT2D eigenvalue weighted by molar-refractivity contribution is 5.74. The van der Waals surface area contributed by atoms with Gasteiger partial charge in [-0.2, -0.15) is 18.2 Å². The van der Waals surface area contributed by atoms with E-state index in [4.69, 9.17) is 0 Å². The summed E-state index contributed by atoms with van der Waals surface area (Å²) in [6, 6.07) is 3.41. The molecule has 1 aliphatic rings. The molecule has 0 saturated carbocycles. The number of hydrogen-bond acceptors (Lipinski definition) is 5. The quantitative estimate of drug-likeness (QED) is 0.925. The number of rotatable bonds is 3. The van der Waals surface area contributed by atoms with Gasteiger partial charge >= 0.3 is 12.2 Å². The predicted octanol–water partition coefficient (Wildman–Crippen LogP) is 2.18. The van der Waals surface area contributed by atoms with Crippen molar-refractivity contribution in [3.05, 3.63) is 41.8 Å². The number of hydrogen-bond donors (Lipinski definition) is 1. The van der Waals surface area contributed by atoms with Crippen LogP contribution < -0.4 is 5.32 Å².